The van der Waals surface area contributed by atoms with Crippen LogP contribution in [-0.2, 0) is 11.3 Å². The summed E-state index contributed by atoms with van der Waals surface area (Å²) in [5.41, 5.74) is 0. The second kappa shape index (κ2) is 6.23. The number of piperazine rings is 1. The first kappa shape index (κ1) is 14.0. The maximum atomic E-state index is 12.1. The van der Waals surface area contributed by atoms with E-state index in [2.05, 4.69) is 10.3 Å². The average Bonchev–Trinajstić information content (AvgIpc) is 3.17. The Kier molecular flexibility index (Phi) is 4.16. The first-order valence-corrected chi connectivity index (χ1v) is 8.25. The van der Waals surface area contributed by atoms with Gasteiger partial charge < -0.3 is 10.2 Å². The second-order valence-corrected chi connectivity index (χ2v) is 6.42. The number of anilines is 1. The fourth-order valence-electron chi connectivity index (χ4n) is 2.09. The summed E-state index contributed by atoms with van der Waals surface area (Å²) in [5, 5.41) is 7.34. The Hall–Kier alpha value is -1.93. The van der Waals surface area contributed by atoms with Crippen LogP contribution in [0.2, 0.25) is 0 Å². The number of hydrogen-bond donors (Lipinski definition) is 1. The molecule has 0 aliphatic carbocycles. The van der Waals surface area contributed by atoms with E-state index < -0.39 is 0 Å². The molecule has 110 valence electrons. The summed E-state index contributed by atoms with van der Waals surface area (Å²) in [6.07, 6.45) is 1.67. The third kappa shape index (κ3) is 3.22. The monoisotopic (exact) mass is 322 g/mol. The Morgan fingerprint density at radius 1 is 1.33 bits per heavy atom. The van der Waals surface area contributed by atoms with Crippen molar-refractivity contribution in [1.82, 2.24) is 15.2 Å². The number of nitrogens with one attached hydrogen (secondary N) is 1. The number of urea groups is 1. The van der Waals surface area contributed by atoms with Crippen molar-refractivity contribution in [2.24, 2.45) is 0 Å². The molecule has 1 N–H and O–H groups in total. The summed E-state index contributed by atoms with van der Waals surface area (Å²) < 4.78 is 0. The summed E-state index contributed by atoms with van der Waals surface area (Å²) in [6.45, 7) is 1.59. The minimum atomic E-state index is -0.199. The molecule has 1 aliphatic rings. The van der Waals surface area contributed by atoms with Crippen molar-refractivity contribution in [3.63, 3.8) is 0 Å². The van der Waals surface area contributed by atoms with Crippen LogP contribution in [0.1, 0.15) is 4.88 Å². The second-order valence-electron chi connectivity index (χ2n) is 4.52. The van der Waals surface area contributed by atoms with Gasteiger partial charge in [-0.3, -0.25) is 9.69 Å². The van der Waals surface area contributed by atoms with Crippen molar-refractivity contribution in [3.05, 3.63) is 34.0 Å². The lowest BCUT2D eigenvalue weighted by atomic mass is 10.3. The first-order chi connectivity index (χ1) is 10.2. The van der Waals surface area contributed by atoms with E-state index in [0.29, 0.717) is 24.8 Å². The minimum absolute atomic E-state index is 0.0931. The fourth-order valence-corrected chi connectivity index (χ4v) is 3.42. The Bertz CT molecular complexity index is 612. The molecule has 1 fully saturated rings. The zero-order chi connectivity index (χ0) is 14.7. The maximum Gasteiger partial charge on any atom is 0.318 e. The molecule has 2 aromatic rings. The summed E-state index contributed by atoms with van der Waals surface area (Å²) in [6, 6.07) is 3.72. The number of carbonyl (C=O) groups excluding carboxylic acids is 2. The van der Waals surface area contributed by atoms with Gasteiger partial charge in [-0.15, -0.1) is 22.7 Å². The molecule has 3 heterocycles. The third-order valence-corrected chi connectivity index (χ3v) is 4.82. The number of thiophene rings is 1. The van der Waals surface area contributed by atoms with Crippen LogP contribution in [-0.4, -0.2) is 41.5 Å². The predicted molar refractivity (Wildman–Crippen MR) is 82.6 cm³/mol. The Morgan fingerprint density at radius 3 is 2.90 bits per heavy atom. The van der Waals surface area contributed by atoms with E-state index in [0.717, 1.165) is 4.88 Å². The van der Waals surface area contributed by atoms with Crippen LogP contribution in [0, 0.1) is 0 Å². The smallest absolute Gasteiger partial charge is 0.318 e. The standard InChI is InChI=1S/C13H14N4O2S2/c18-11-9-16(4-5-17(11)13-14-3-7-21-13)12(19)15-8-10-2-1-6-20-10/h1-3,6-7H,4-5,8-9H2,(H,15,19). The molecule has 2 aromatic heterocycles. The molecule has 6 nitrogen and oxygen atoms in total. The molecule has 1 aliphatic heterocycles. The normalized spacial score (nSPS) is 15.3. The molecule has 0 bridgehead atoms. The molecule has 0 radical (unpaired) electrons. The number of aromatic nitrogens is 1. The molecule has 0 atom stereocenters. The van der Waals surface area contributed by atoms with E-state index in [1.807, 2.05) is 22.9 Å². The number of thiazole rings is 1. The van der Waals surface area contributed by atoms with E-state index in [4.69, 9.17) is 0 Å². The molecule has 3 rings (SSSR count). The molecule has 21 heavy (non-hydrogen) atoms. The lowest BCUT2D eigenvalue weighted by Gasteiger charge is -2.32. The number of hydrogen-bond acceptors (Lipinski definition) is 5. The highest BCUT2D eigenvalue weighted by Crippen LogP contribution is 2.19. The van der Waals surface area contributed by atoms with E-state index in [1.54, 1.807) is 27.3 Å². The highest BCUT2D eigenvalue weighted by atomic mass is 32.1. The zero-order valence-electron chi connectivity index (χ0n) is 11.2. The van der Waals surface area contributed by atoms with Crippen molar-refractivity contribution in [2.45, 2.75) is 6.54 Å². The van der Waals surface area contributed by atoms with Gasteiger partial charge in [-0.25, -0.2) is 9.78 Å². The van der Waals surface area contributed by atoms with Gasteiger partial charge in [-0.1, -0.05) is 6.07 Å². The number of carbonyl (C=O) groups is 2. The van der Waals surface area contributed by atoms with Crippen LogP contribution in [0.5, 0.6) is 0 Å². The average molecular weight is 322 g/mol. The Morgan fingerprint density at radius 2 is 2.24 bits per heavy atom. The zero-order valence-corrected chi connectivity index (χ0v) is 12.8. The Balaban J connectivity index is 1.54. The summed E-state index contributed by atoms with van der Waals surface area (Å²) in [7, 11) is 0. The van der Waals surface area contributed by atoms with Gasteiger partial charge in [-0.05, 0) is 11.4 Å². The van der Waals surface area contributed by atoms with Gasteiger partial charge in [0.2, 0.25) is 5.91 Å². The van der Waals surface area contributed by atoms with Gasteiger partial charge in [0.25, 0.3) is 0 Å². The van der Waals surface area contributed by atoms with Gasteiger partial charge in [0.1, 0.15) is 6.54 Å². The molecule has 0 unspecified atom stereocenters. The van der Waals surface area contributed by atoms with Gasteiger partial charge >= 0.3 is 6.03 Å². The Labute approximate surface area is 130 Å². The van der Waals surface area contributed by atoms with Crippen LogP contribution in [0.25, 0.3) is 0 Å². The molecule has 0 saturated carbocycles. The van der Waals surface area contributed by atoms with Crippen LogP contribution in [0.15, 0.2) is 29.1 Å². The molecule has 1 saturated heterocycles. The number of rotatable bonds is 3. The van der Waals surface area contributed by atoms with Gasteiger partial charge in [0.15, 0.2) is 5.13 Å². The number of nitrogens with zero attached hydrogens (tertiary/aromatic N) is 3. The summed E-state index contributed by atoms with van der Waals surface area (Å²) >= 11 is 3.02. The van der Waals surface area contributed by atoms with Gasteiger partial charge in [0.05, 0.1) is 6.54 Å². The van der Waals surface area contributed by atoms with Crippen LogP contribution < -0.4 is 10.2 Å². The van der Waals surface area contributed by atoms with E-state index in [1.165, 1.54) is 11.3 Å². The molecular weight excluding hydrogens is 308 g/mol. The summed E-state index contributed by atoms with van der Waals surface area (Å²) in [4.78, 5) is 32.6. The maximum absolute atomic E-state index is 12.1. The van der Waals surface area contributed by atoms with Crippen molar-refractivity contribution in [2.75, 3.05) is 24.5 Å². The lowest BCUT2D eigenvalue weighted by Crippen LogP contribution is -2.54. The van der Waals surface area contributed by atoms with Crippen LogP contribution in [0.4, 0.5) is 9.93 Å². The molecule has 3 amide bonds. The minimum Gasteiger partial charge on any atom is -0.333 e. The highest BCUT2D eigenvalue weighted by Gasteiger charge is 2.28. The fraction of sp³-hybridized carbons (Fsp3) is 0.308. The SMILES string of the molecule is O=C(NCc1cccs1)N1CCN(c2nccs2)C(=O)C1. The van der Waals surface area contributed by atoms with E-state index in [-0.39, 0.29) is 18.5 Å². The lowest BCUT2D eigenvalue weighted by molar-refractivity contribution is -0.120. The molecule has 8 heteroatoms. The largest absolute Gasteiger partial charge is 0.333 e. The predicted octanol–water partition coefficient (Wildman–Crippen LogP) is 1.76. The van der Waals surface area contributed by atoms with Crippen molar-refractivity contribution in [1.29, 1.82) is 0 Å². The quantitative estimate of drug-likeness (QED) is 0.936. The topological polar surface area (TPSA) is 65.5 Å². The van der Waals surface area contributed by atoms with Crippen LogP contribution >= 0.6 is 22.7 Å². The summed E-state index contributed by atoms with van der Waals surface area (Å²) in [5.74, 6) is -0.0949. The molecule has 0 spiro atoms. The first-order valence-electron chi connectivity index (χ1n) is 6.49. The molecule has 0 aromatic carbocycles. The van der Waals surface area contributed by atoms with Gasteiger partial charge in [0, 0.05) is 29.5 Å². The highest BCUT2D eigenvalue weighted by molar-refractivity contribution is 7.13. The number of amides is 3. The van der Waals surface area contributed by atoms with E-state index in [9.17, 15) is 9.59 Å². The van der Waals surface area contributed by atoms with Gasteiger partial charge in [-0.2, -0.15) is 0 Å². The third-order valence-electron chi connectivity index (χ3n) is 3.15. The van der Waals surface area contributed by atoms with E-state index >= 15 is 0 Å². The van der Waals surface area contributed by atoms with Crippen molar-refractivity contribution < 1.29 is 9.59 Å². The van der Waals surface area contributed by atoms with Crippen molar-refractivity contribution in [3.8, 4) is 0 Å². The molecular formula is C13H14N4O2S2. The van der Waals surface area contributed by atoms with Crippen LogP contribution in [0.3, 0.4) is 0 Å². The van der Waals surface area contributed by atoms with Crippen molar-refractivity contribution >= 4 is 39.7 Å².